The fourth-order valence-electron chi connectivity index (χ4n) is 5.19. The summed E-state index contributed by atoms with van der Waals surface area (Å²) in [5.41, 5.74) is 0.812. The second-order valence-electron chi connectivity index (χ2n) is 10.4. The summed E-state index contributed by atoms with van der Waals surface area (Å²) >= 11 is 0. The zero-order valence-electron chi connectivity index (χ0n) is 19.2. The first-order chi connectivity index (χ1) is 14.1. The molecular weight excluding hydrogens is 380 g/mol. The van der Waals surface area contributed by atoms with Crippen LogP contribution in [0.2, 0.25) is 0 Å². The quantitative estimate of drug-likeness (QED) is 0.624. The van der Waals surface area contributed by atoms with Gasteiger partial charge < -0.3 is 19.7 Å². The lowest BCUT2D eigenvalue weighted by molar-refractivity contribution is -0.191. The van der Waals surface area contributed by atoms with E-state index in [1.165, 1.54) is 5.57 Å². The van der Waals surface area contributed by atoms with E-state index in [2.05, 4.69) is 32.1 Å². The van der Waals surface area contributed by atoms with Gasteiger partial charge in [-0.05, 0) is 69.3 Å². The molecule has 3 aliphatic rings. The zero-order chi connectivity index (χ0) is 22.1. The van der Waals surface area contributed by atoms with Gasteiger partial charge in [-0.15, -0.1) is 0 Å². The van der Waals surface area contributed by atoms with Crippen molar-refractivity contribution in [1.82, 2.24) is 0 Å². The number of allylic oxidation sites excluding steroid dienone is 3. The van der Waals surface area contributed by atoms with E-state index in [1.54, 1.807) is 0 Å². The van der Waals surface area contributed by atoms with Crippen molar-refractivity contribution in [1.29, 1.82) is 0 Å². The number of ether oxygens (including phenoxy) is 2. The normalized spacial score (nSPS) is 39.2. The molecular formula is C25H40O5. The fraction of sp³-hybridized carbons (Fsp3) is 0.800. The van der Waals surface area contributed by atoms with Crippen LogP contribution in [0.5, 0.6) is 0 Å². The Hall–Kier alpha value is -1.17. The number of carbonyl (C=O) groups excluding carboxylic acids is 1. The summed E-state index contributed by atoms with van der Waals surface area (Å²) in [6.45, 7) is 10.4. The summed E-state index contributed by atoms with van der Waals surface area (Å²) in [7, 11) is 0. The van der Waals surface area contributed by atoms with Gasteiger partial charge in [-0.1, -0.05) is 39.0 Å². The average molecular weight is 421 g/mol. The van der Waals surface area contributed by atoms with Crippen molar-refractivity contribution in [3.63, 3.8) is 0 Å². The molecule has 0 amide bonds. The Bertz CT molecular complexity index is 656. The van der Waals surface area contributed by atoms with E-state index in [9.17, 15) is 15.0 Å². The summed E-state index contributed by atoms with van der Waals surface area (Å²) in [6.07, 6.45) is 9.38. The summed E-state index contributed by atoms with van der Waals surface area (Å²) in [5.74, 6) is 1.18. The number of carbonyl (C=O) groups is 1. The van der Waals surface area contributed by atoms with Crippen molar-refractivity contribution < 1.29 is 24.5 Å². The zero-order valence-corrected chi connectivity index (χ0v) is 19.2. The van der Waals surface area contributed by atoms with Crippen LogP contribution in [0, 0.1) is 29.1 Å². The fourth-order valence-corrected chi connectivity index (χ4v) is 5.19. The molecule has 8 atom stereocenters. The molecule has 1 saturated heterocycles. The number of rotatable bonds is 6. The first kappa shape index (κ1) is 23.5. The molecule has 5 nitrogen and oxygen atoms in total. The Labute approximate surface area is 181 Å². The van der Waals surface area contributed by atoms with E-state index in [-0.39, 0.29) is 30.5 Å². The number of hydrogen-bond acceptors (Lipinski definition) is 5. The minimum absolute atomic E-state index is 0.105. The van der Waals surface area contributed by atoms with E-state index < -0.39 is 17.8 Å². The van der Waals surface area contributed by atoms with Crippen molar-refractivity contribution in [3.8, 4) is 0 Å². The van der Waals surface area contributed by atoms with Crippen LogP contribution in [0.3, 0.4) is 0 Å². The monoisotopic (exact) mass is 420 g/mol. The molecule has 3 rings (SSSR count). The molecule has 2 N–H and O–H groups in total. The molecule has 1 fully saturated rings. The average Bonchev–Trinajstić information content (AvgIpc) is 2.66. The number of esters is 1. The maximum atomic E-state index is 12.9. The topological polar surface area (TPSA) is 76.0 Å². The van der Waals surface area contributed by atoms with Crippen LogP contribution >= 0.6 is 0 Å². The first-order valence-electron chi connectivity index (χ1n) is 11.7. The van der Waals surface area contributed by atoms with Crippen LogP contribution in [0.1, 0.15) is 73.1 Å². The van der Waals surface area contributed by atoms with Gasteiger partial charge in [0.25, 0.3) is 0 Å². The van der Waals surface area contributed by atoms with Crippen molar-refractivity contribution in [2.24, 2.45) is 29.1 Å². The minimum Gasteiger partial charge on any atom is -0.461 e. The molecule has 2 aliphatic carbocycles. The van der Waals surface area contributed by atoms with Gasteiger partial charge in [0.15, 0.2) is 6.29 Å². The standard InChI is InChI=1S/C25H40O5/c1-6-25(4,5)24(28)30-21-12-15(2)11-17-8-7-16(3)20(23(17)21)10-9-19-13-18(26)14-22(27)29-19/h7-8,11,15-16,18-23,26-27H,6,9-10,12-14H2,1-5H3/t15-,16-,18+,19+,20-,21?,22?,23-/m0/s1. The maximum Gasteiger partial charge on any atom is 0.311 e. The third kappa shape index (κ3) is 5.35. The maximum absolute atomic E-state index is 12.9. The van der Waals surface area contributed by atoms with Gasteiger partial charge >= 0.3 is 5.97 Å². The Kier molecular flexibility index (Phi) is 7.47. The van der Waals surface area contributed by atoms with E-state index in [0.29, 0.717) is 24.2 Å². The molecule has 0 saturated carbocycles. The van der Waals surface area contributed by atoms with Crippen LogP contribution < -0.4 is 0 Å². The molecule has 170 valence electrons. The highest BCUT2D eigenvalue weighted by Gasteiger charge is 2.43. The second-order valence-corrected chi connectivity index (χ2v) is 10.4. The van der Waals surface area contributed by atoms with E-state index in [1.807, 2.05) is 20.8 Å². The van der Waals surface area contributed by atoms with Crippen LogP contribution in [0.15, 0.2) is 23.8 Å². The Morgan fingerprint density at radius 3 is 2.60 bits per heavy atom. The molecule has 0 aromatic rings. The minimum atomic E-state index is -0.876. The summed E-state index contributed by atoms with van der Waals surface area (Å²) in [6, 6.07) is 0. The predicted octanol–water partition coefficient (Wildman–Crippen LogP) is 4.38. The predicted molar refractivity (Wildman–Crippen MR) is 116 cm³/mol. The summed E-state index contributed by atoms with van der Waals surface area (Å²) in [5, 5.41) is 19.8. The molecule has 30 heavy (non-hydrogen) atoms. The molecule has 1 aliphatic heterocycles. The molecule has 0 aromatic heterocycles. The molecule has 0 spiro atoms. The Morgan fingerprint density at radius 1 is 1.20 bits per heavy atom. The van der Waals surface area contributed by atoms with Crippen molar-refractivity contribution >= 4 is 5.97 Å². The van der Waals surface area contributed by atoms with Crippen LogP contribution in [-0.4, -0.2) is 40.8 Å². The van der Waals surface area contributed by atoms with Crippen molar-refractivity contribution in [2.45, 2.75) is 97.7 Å². The number of hydrogen-bond donors (Lipinski definition) is 2. The third-order valence-corrected chi connectivity index (χ3v) is 7.47. The molecule has 1 heterocycles. The summed E-state index contributed by atoms with van der Waals surface area (Å²) < 4.78 is 11.8. The molecule has 0 aromatic carbocycles. The molecule has 2 unspecified atom stereocenters. The lowest BCUT2D eigenvalue weighted by Gasteiger charge is -2.44. The van der Waals surface area contributed by atoms with Gasteiger partial charge in [-0.25, -0.2) is 0 Å². The van der Waals surface area contributed by atoms with Crippen LogP contribution in [0.4, 0.5) is 0 Å². The molecule has 5 heteroatoms. The number of fused-ring (bicyclic) bond motifs is 1. The SMILES string of the molecule is CCC(C)(C)C(=O)OC1C[C@@H](C)C=C2C=C[C@H](C)[C@H](CC[C@@H]3C[C@@H](O)CC(O)O3)[C@H]21. The Balaban J connectivity index is 1.75. The van der Waals surface area contributed by atoms with Gasteiger partial charge in [-0.3, -0.25) is 4.79 Å². The molecule has 0 radical (unpaired) electrons. The summed E-state index contributed by atoms with van der Waals surface area (Å²) in [4.78, 5) is 12.9. The highest BCUT2D eigenvalue weighted by molar-refractivity contribution is 5.76. The van der Waals surface area contributed by atoms with Gasteiger partial charge in [0, 0.05) is 12.3 Å². The van der Waals surface area contributed by atoms with Crippen molar-refractivity contribution in [2.75, 3.05) is 0 Å². The van der Waals surface area contributed by atoms with Crippen molar-refractivity contribution in [3.05, 3.63) is 23.8 Å². The third-order valence-electron chi connectivity index (χ3n) is 7.47. The highest BCUT2D eigenvalue weighted by Crippen LogP contribution is 2.45. The first-order valence-corrected chi connectivity index (χ1v) is 11.7. The number of aliphatic hydroxyl groups excluding tert-OH is 2. The highest BCUT2D eigenvalue weighted by atomic mass is 16.6. The van der Waals surface area contributed by atoms with E-state index >= 15 is 0 Å². The lowest BCUT2D eigenvalue weighted by Crippen LogP contribution is -2.43. The molecule has 0 bridgehead atoms. The van der Waals surface area contributed by atoms with E-state index in [4.69, 9.17) is 9.47 Å². The Morgan fingerprint density at radius 2 is 1.93 bits per heavy atom. The second kappa shape index (κ2) is 9.54. The van der Waals surface area contributed by atoms with Crippen LogP contribution in [-0.2, 0) is 14.3 Å². The van der Waals surface area contributed by atoms with Crippen LogP contribution in [0.25, 0.3) is 0 Å². The van der Waals surface area contributed by atoms with Gasteiger partial charge in [0.2, 0.25) is 0 Å². The van der Waals surface area contributed by atoms with Gasteiger partial charge in [0.05, 0.1) is 17.6 Å². The smallest absolute Gasteiger partial charge is 0.311 e. The largest absolute Gasteiger partial charge is 0.461 e. The lowest BCUT2D eigenvalue weighted by atomic mass is 9.65. The van der Waals surface area contributed by atoms with Gasteiger partial charge in [0.1, 0.15) is 6.10 Å². The van der Waals surface area contributed by atoms with Gasteiger partial charge in [-0.2, -0.15) is 0 Å². The number of aliphatic hydroxyl groups is 2. The van der Waals surface area contributed by atoms with E-state index in [0.717, 1.165) is 25.7 Å².